The number of halogens is 1. The van der Waals surface area contributed by atoms with Gasteiger partial charge in [0.15, 0.2) is 5.11 Å². The number of aryl methyl sites for hydroxylation is 2. The highest BCUT2D eigenvalue weighted by molar-refractivity contribution is 7.80. The summed E-state index contributed by atoms with van der Waals surface area (Å²) >= 11 is 11.2. The van der Waals surface area contributed by atoms with Crippen molar-refractivity contribution in [3.63, 3.8) is 0 Å². The fourth-order valence-electron chi connectivity index (χ4n) is 2.47. The van der Waals surface area contributed by atoms with E-state index in [1.807, 2.05) is 24.3 Å². The summed E-state index contributed by atoms with van der Waals surface area (Å²) in [5.41, 5.74) is 5.26. The SMILES string of the molecule is Cc1ccc(CCNC(=S)NCCc2ccc(Cl)cc2)c(C)c1. The van der Waals surface area contributed by atoms with Gasteiger partial charge < -0.3 is 10.6 Å². The lowest BCUT2D eigenvalue weighted by Gasteiger charge is -2.12. The summed E-state index contributed by atoms with van der Waals surface area (Å²) in [5.74, 6) is 0. The van der Waals surface area contributed by atoms with E-state index in [1.165, 1.54) is 22.3 Å². The molecule has 0 amide bonds. The van der Waals surface area contributed by atoms with Crippen LogP contribution in [0.4, 0.5) is 0 Å². The maximum atomic E-state index is 5.88. The minimum Gasteiger partial charge on any atom is -0.362 e. The quantitative estimate of drug-likeness (QED) is 0.766. The van der Waals surface area contributed by atoms with Gasteiger partial charge >= 0.3 is 0 Å². The smallest absolute Gasteiger partial charge is 0.166 e. The zero-order valence-electron chi connectivity index (χ0n) is 13.7. The molecule has 23 heavy (non-hydrogen) atoms. The summed E-state index contributed by atoms with van der Waals surface area (Å²) in [4.78, 5) is 0. The highest BCUT2D eigenvalue weighted by Gasteiger charge is 2.00. The predicted molar refractivity (Wildman–Crippen MR) is 103 cm³/mol. The van der Waals surface area contributed by atoms with E-state index in [4.69, 9.17) is 23.8 Å². The molecule has 2 N–H and O–H groups in total. The van der Waals surface area contributed by atoms with Gasteiger partial charge in [-0.1, -0.05) is 47.5 Å². The van der Waals surface area contributed by atoms with Crippen LogP contribution in [0, 0.1) is 13.8 Å². The second kappa shape index (κ2) is 8.90. The molecule has 2 aromatic carbocycles. The van der Waals surface area contributed by atoms with Gasteiger partial charge in [-0.2, -0.15) is 0 Å². The van der Waals surface area contributed by atoms with Crippen molar-refractivity contribution in [1.82, 2.24) is 10.6 Å². The first-order valence-corrected chi connectivity index (χ1v) is 8.65. The monoisotopic (exact) mass is 346 g/mol. The number of hydrogen-bond donors (Lipinski definition) is 2. The van der Waals surface area contributed by atoms with E-state index in [9.17, 15) is 0 Å². The van der Waals surface area contributed by atoms with Gasteiger partial charge in [0.1, 0.15) is 0 Å². The van der Waals surface area contributed by atoms with Gasteiger partial charge in [0.25, 0.3) is 0 Å². The van der Waals surface area contributed by atoms with Gasteiger partial charge in [0, 0.05) is 18.1 Å². The van der Waals surface area contributed by atoms with Crippen LogP contribution in [0.1, 0.15) is 22.3 Å². The van der Waals surface area contributed by atoms with Crippen LogP contribution < -0.4 is 10.6 Å². The fourth-order valence-corrected chi connectivity index (χ4v) is 2.80. The average molecular weight is 347 g/mol. The molecule has 0 heterocycles. The molecule has 2 nitrogen and oxygen atoms in total. The highest BCUT2D eigenvalue weighted by atomic mass is 35.5. The first kappa shape index (κ1) is 17.8. The van der Waals surface area contributed by atoms with Crippen LogP contribution in [0.25, 0.3) is 0 Å². The van der Waals surface area contributed by atoms with Gasteiger partial charge in [0.05, 0.1) is 0 Å². The summed E-state index contributed by atoms with van der Waals surface area (Å²) < 4.78 is 0. The lowest BCUT2D eigenvalue weighted by atomic mass is 10.0. The maximum Gasteiger partial charge on any atom is 0.166 e. The minimum absolute atomic E-state index is 0.712. The van der Waals surface area contributed by atoms with E-state index in [2.05, 4.69) is 42.7 Å². The van der Waals surface area contributed by atoms with Crippen molar-refractivity contribution in [1.29, 1.82) is 0 Å². The minimum atomic E-state index is 0.712. The van der Waals surface area contributed by atoms with Crippen LogP contribution in [0.3, 0.4) is 0 Å². The Labute approximate surface area is 149 Å². The van der Waals surface area contributed by atoms with Gasteiger partial charge in [-0.15, -0.1) is 0 Å². The molecule has 122 valence electrons. The van der Waals surface area contributed by atoms with Crippen molar-refractivity contribution in [3.8, 4) is 0 Å². The van der Waals surface area contributed by atoms with Gasteiger partial charge in [0.2, 0.25) is 0 Å². The molecule has 4 heteroatoms. The molecule has 0 aliphatic heterocycles. The Hall–Kier alpha value is -1.58. The molecule has 0 saturated heterocycles. The summed E-state index contributed by atoms with van der Waals surface area (Å²) in [7, 11) is 0. The number of hydrogen-bond acceptors (Lipinski definition) is 1. The molecule has 0 bridgehead atoms. The Morgan fingerprint density at radius 2 is 1.61 bits per heavy atom. The summed E-state index contributed by atoms with van der Waals surface area (Å²) in [6, 6.07) is 14.5. The third-order valence-corrected chi connectivity index (χ3v) is 4.33. The van der Waals surface area contributed by atoms with Gasteiger partial charge in [-0.25, -0.2) is 0 Å². The molecule has 0 aromatic heterocycles. The standard InChI is InChI=1S/C19H23ClN2S/c1-14-3-6-17(15(2)13-14)10-12-22-19(23)21-11-9-16-4-7-18(20)8-5-16/h3-8,13H,9-12H2,1-2H3,(H2,21,22,23). The zero-order valence-corrected chi connectivity index (χ0v) is 15.2. The van der Waals surface area contributed by atoms with Crippen LogP contribution in [-0.2, 0) is 12.8 Å². The molecule has 0 spiro atoms. The van der Waals surface area contributed by atoms with Gasteiger partial charge in [-0.3, -0.25) is 0 Å². The predicted octanol–water partition coefficient (Wildman–Crippen LogP) is 4.21. The summed E-state index contributed by atoms with van der Waals surface area (Å²) in [6.45, 7) is 5.94. The molecule has 0 fully saturated rings. The Balaban J connectivity index is 1.66. The van der Waals surface area contributed by atoms with Crippen LogP contribution in [0.5, 0.6) is 0 Å². The average Bonchev–Trinajstić information content (AvgIpc) is 2.51. The fraction of sp³-hybridized carbons (Fsp3) is 0.316. The largest absolute Gasteiger partial charge is 0.362 e. The van der Waals surface area contributed by atoms with Crippen molar-refractivity contribution in [2.24, 2.45) is 0 Å². The Bertz CT molecular complexity index is 653. The normalized spacial score (nSPS) is 10.4. The molecule has 0 radical (unpaired) electrons. The number of benzene rings is 2. The Morgan fingerprint density at radius 1 is 0.957 bits per heavy atom. The van der Waals surface area contributed by atoms with E-state index in [0.29, 0.717) is 5.11 Å². The Kier molecular flexibility index (Phi) is 6.87. The molecule has 0 atom stereocenters. The van der Waals surface area contributed by atoms with E-state index in [0.717, 1.165) is 31.0 Å². The first-order valence-electron chi connectivity index (χ1n) is 7.87. The lowest BCUT2D eigenvalue weighted by molar-refractivity contribution is 0.800. The van der Waals surface area contributed by atoms with E-state index >= 15 is 0 Å². The van der Waals surface area contributed by atoms with Crippen molar-refractivity contribution in [3.05, 3.63) is 69.7 Å². The second-order valence-electron chi connectivity index (χ2n) is 5.74. The van der Waals surface area contributed by atoms with Crippen LogP contribution in [-0.4, -0.2) is 18.2 Å². The molecule has 0 unspecified atom stereocenters. The highest BCUT2D eigenvalue weighted by Crippen LogP contribution is 2.11. The number of rotatable bonds is 6. The first-order chi connectivity index (χ1) is 11.0. The summed E-state index contributed by atoms with van der Waals surface area (Å²) in [5, 5.41) is 7.99. The molecule has 2 aromatic rings. The lowest BCUT2D eigenvalue weighted by Crippen LogP contribution is -2.37. The number of nitrogens with one attached hydrogen (secondary N) is 2. The third-order valence-electron chi connectivity index (χ3n) is 3.79. The molecule has 0 aliphatic carbocycles. The Morgan fingerprint density at radius 3 is 2.26 bits per heavy atom. The molecular weight excluding hydrogens is 324 g/mol. The van der Waals surface area contributed by atoms with Crippen molar-refractivity contribution < 1.29 is 0 Å². The third kappa shape index (κ3) is 6.20. The van der Waals surface area contributed by atoms with Crippen LogP contribution in [0.15, 0.2) is 42.5 Å². The molecule has 0 saturated carbocycles. The van der Waals surface area contributed by atoms with E-state index in [-0.39, 0.29) is 0 Å². The van der Waals surface area contributed by atoms with E-state index in [1.54, 1.807) is 0 Å². The maximum absolute atomic E-state index is 5.88. The van der Waals surface area contributed by atoms with Crippen LogP contribution in [0.2, 0.25) is 5.02 Å². The van der Waals surface area contributed by atoms with E-state index < -0.39 is 0 Å². The topological polar surface area (TPSA) is 24.1 Å². The van der Waals surface area contributed by atoms with Gasteiger partial charge in [-0.05, 0) is 67.7 Å². The summed E-state index contributed by atoms with van der Waals surface area (Å²) in [6.07, 6.45) is 1.90. The molecule has 0 aliphatic rings. The zero-order chi connectivity index (χ0) is 16.7. The molecule has 2 rings (SSSR count). The number of thiocarbonyl (C=S) groups is 1. The molecular formula is C19H23ClN2S. The van der Waals surface area contributed by atoms with Crippen molar-refractivity contribution in [2.45, 2.75) is 26.7 Å². The van der Waals surface area contributed by atoms with Crippen molar-refractivity contribution in [2.75, 3.05) is 13.1 Å². The van der Waals surface area contributed by atoms with Crippen LogP contribution >= 0.6 is 23.8 Å². The second-order valence-corrected chi connectivity index (χ2v) is 6.58. The van der Waals surface area contributed by atoms with Crippen molar-refractivity contribution >= 4 is 28.9 Å².